The molecule has 0 aliphatic heterocycles. The molecule has 0 fully saturated rings. The van der Waals surface area contributed by atoms with E-state index in [9.17, 15) is 13.9 Å². The fourth-order valence-electron chi connectivity index (χ4n) is 1.64. The Morgan fingerprint density at radius 1 is 1.24 bits per heavy atom. The Labute approximate surface area is 100 Å². The molecule has 1 rings (SSSR count). The quantitative estimate of drug-likeness (QED) is 0.855. The van der Waals surface area contributed by atoms with Gasteiger partial charge >= 0.3 is 0 Å². The van der Waals surface area contributed by atoms with E-state index in [1.54, 1.807) is 0 Å². The molecule has 0 saturated carbocycles. The van der Waals surface area contributed by atoms with Gasteiger partial charge in [-0.05, 0) is 29.2 Å². The molecular formula is C13H19F2NO. The number of halogens is 2. The van der Waals surface area contributed by atoms with Gasteiger partial charge < -0.3 is 10.8 Å². The summed E-state index contributed by atoms with van der Waals surface area (Å²) < 4.78 is 26.5. The van der Waals surface area contributed by atoms with E-state index in [0.29, 0.717) is 0 Å². The largest absolute Gasteiger partial charge is 0.388 e. The van der Waals surface area contributed by atoms with Crippen LogP contribution in [0.5, 0.6) is 0 Å². The summed E-state index contributed by atoms with van der Waals surface area (Å²) in [5, 5.41) is 10.4. The number of benzene rings is 1. The number of aliphatic hydroxyl groups is 1. The van der Waals surface area contributed by atoms with Gasteiger partial charge in [0.15, 0.2) is 0 Å². The fraction of sp³-hybridized carbons (Fsp3) is 0.538. The van der Waals surface area contributed by atoms with Crippen molar-refractivity contribution >= 4 is 0 Å². The van der Waals surface area contributed by atoms with Crippen molar-refractivity contribution < 1.29 is 13.9 Å². The molecule has 1 aromatic rings. The maximum atomic E-state index is 13.5. The second-order valence-corrected chi connectivity index (χ2v) is 5.40. The molecule has 17 heavy (non-hydrogen) atoms. The van der Waals surface area contributed by atoms with Crippen LogP contribution in [0.4, 0.5) is 8.78 Å². The molecular weight excluding hydrogens is 224 g/mol. The van der Waals surface area contributed by atoms with Crippen molar-refractivity contribution in [3.8, 4) is 0 Å². The van der Waals surface area contributed by atoms with Gasteiger partial charge in [-0.2, -0.15) is 0 Å². The predicted molar refractivity (Wildman–Crippen MR) is 63.5 cm³/mol. The standard InChI is InChI=1S/C13H19F2NO/c1-12(2,3)13(17,8-16)7-9-6-10(14)4-5-11(9)15/h4-6,17H,7-8,16H2,1-3H3. The number of hydrogen-bond donors (Lipinski definition) is 2. The number of rotatable bonds is 3. The molecule has 0 radical (unpaired) electrons. The third kappa shape index (κ3) is 3.01. The molecule has 1 unspecified atom stereocenters. The molecule has 2 nitrogen and oxygen atoms in total. The van der Waals surface area contributed by atoms with Gasteiger partial charge in [-0.1, -0.05) is 20.8 Å². The molecule has 0 heterocycles. The van der Waals surface area contributed by atoms with Crippen molar-refractivity contribution in [2.24, 2.45) is 11.1 Å². The highest BCUT2D eigenvalue weighted by molar-refractivity contribution is 5.21. The lowest BCUT2D eigenvalue weighted by Crippen LogP contribution is -2.51. The molecule has 1 atom stereocenters. The Kier molecular flexibility index (Phi) is 3.89. The van der Waals surface area contributed by atoms with Crippen LogP contribution in [0.2, 0.25) is 0 Å². The molecule has 0 aliphatic carbocycles. The monoisotopic (exact) mass is 243 g/mol. The molecule has 3 N–H and O–H groups in total. The minimum absolute atomic E-state index is 0.00338. The first-order valence-corrected chi connectivity index (χ1v) is 5.56. The average Bonchev–Trinajstić information content (AvgIpc) is 2.21. The zero-order valence-corrected chi connectivity index (χ0v) is 10.4. The highest BCUT2D eigenvalue weighted by Gasteiger charge is 2.39. The Hall–Kier alpha value is -1.00. The van der Waals surface area contributed by atoms with E-state index in [1.165, 1.54) is 0 Å². The van der Waals surface area contributed by atoms with Crippen LogP contribution in [0, 0.1) is 17.0 Å². The lowest BCUT2D eigenvalue weighted by Gasteiger charge is -2.39. The predicted octanol–water partition coefficient (Wildman–Crippen LogP) is 2.24. The molecule has 0 bridgehead atoms. The smallest absolute Gasteiger partial charge is 0.126 e. The Morgan fingerprint density at radius 2 is 1.82 bits per heavy atom. The average molecular weight is 243 g/mol. The maximum absolute atomic E-state index is 13.5. The lowest BCUT2D eigenvalue weighted by molar-refractivity contribution is -0.0496. The van der Waals surface area contributed by atoms with Crippen molar-refractivity contribution in [1.29, 1.82) is 0 Å². The SMILES string of the molecule is CC(C)(C)C(O)(CN)Cc1cc(F)ccc1F. The second kappa shape index (κ2) is 4.70. The molecule has 96 valence electrons. The summed E-state index contributed by atoms with van der Waals surface area (Å²) in [7, 11) is 0. The molecule has 0 amide bonds. The minimum atomic E-state index is -1.26. The summed E-state index contributed by atoms with van der Waals surface area (Å²) in [5.41, 5.74) is 3.93. The maximum Gasteiger partial charge on any atom is 0.126 e. The van der Waals surface area contributed by atoms with Crippen LogP contribution in [0.3, 0.4) is 0 Å². The normalized spacial score (nSPS) is 15.7. The van der Waals surface area contributed by atoms with Gasteiger partial charge in [0.05, 0.1) is 5.60 Å². The van der Waals surface area contributed by atoms with Gasteiger partial charge in [-0.3, -0.25) is 0 Å². The fourth-order valence-corrected chi connectivity index (χ4v) is 1.64. The van der Waals surface area contributed by atoms with Crippen LogP contribution in [0.1, 0.15) is 26.3 Å². The van der Waals surface area contributed by atoms with E-state index in [-0.39, 0.29) is 18.5 Å². The van der Waals surface area contributed by atoms with Crippen LogP contribution >= 0.6 is 0 Å². The van der Waals surface area contributed by atoms with Crippen LogP contribution in [0.15, 0.2) is 18.2 Å². The zero-order valence-electron chi connectivity index (χ0n) is 10.4. The van der Waals surface area contributed by atoms with Gasteiger partial charge in [-0.15, -0.1) is 0 Å². The second-order valence-electron chi connectivity index (χ2n) is 5.40. The van der Waals surface area contributed by atoms with E-state index < -0.39 is 22.7 Å². The van der Waals surface area contributed by atoms with Gasteiger partial charge in [0.1, 0.15) is 11.6 Å². The minimum Gasteiger partial charge on any atom is -0.388 e. The highest BCUT2D eigenvalue weighted by Crippen LogP contribution is 2.33. The van der Waals surface area contributed by atoms with E-state index in [1.807, 2.05) is 20.8 Å². The van der Waals surface area contributed by atoms with Crippen LogP contribution in [0.25, 0.3) is 0 Å². The first kappa shape index (κ1) is 14.1. The van der Waals surface area contributed by atoms with Crippen molar-refractivity contribution in [2.75, 3.05) is 6.54 Å². The van der Waals surface area contributed by atoms with E-state index >= 15 is 0 Å². The van der Waals surface area contributed by atoms with Crippen LogP contribution < -0.4 is 5.73 Å². The molecule has 4 heteroatoms. The third-order valence-electron chi connectivity index (χ3n) is 3.22. The Balaban J connectivity index is 3.07. The summed E-state index contributed by atoms with van der Waals surface area (Å²) >= 11 is 0. The van der Waals surface area contributed by atoms with Gasteiger partial charge in [0, 0.05) is 13.0 Å². The summed E-state index contributed by atoms with van der Waals surface area (Å²) in [6.07, 6.45) is -0.00338. The first-order chi connectivity index (χ1) is 7.69. The van der Waals surface area contributed by atoms with Gasteiger partial charge in [-0.25, -0.2) is 8.78 Å². The topological polar surface area (TPSA) is 46.2 Å². The summed E-state index contributed by atoms with van der Waals surface area (Å²) in [4.78, 5) is 0. The van der Waals surface area contributed by atoms with E-state index in [0.717, 1.165) is 18.2 Å². The molecule has 0 aromatic heterocycles. The van der Waals surface area contributed by atoms with E-state index in [4.69, 9.17) is 5.73 Å². The number of hydrogen-bond acceptors (Lipinski definition) is 2. The van der Waals surface area contributed by atoms with Crippen LogP contribution in [-0.4, -0.2) is 17.3 Å². The summed E-state index contributed by atoms with van der Waals surface area (Å²) in [6, 6.07) is 3.21. The lowest BCUT2D eigenvalue weighted by atomic mass is 9.73. The van der Waals surface area contributed by atoms with Gasteiger partial charge in [0.2, 0.25) is 0 Å². The number of nitrogens with two attached hydrogens (primary N) is 1. The Morgan fingerprint density at radius 3 is 2.29 bits per heavy atom. The van der Waals surface area contributed by atoms with Gasteiger partial charge in [0.25, 0.3) is 0 Å². The zero-order chi connectivity index (χ0) is 13.3. The van der Waals surface area contributed by atoms with Crippen molar-refractivity contribution in [3.05, 3.63) is 35.4 Å². The molecule has 0 spiro atoms. The molecule has 0 aliphatic rings. The summed E-state index contributed by atoms with van der Waals surface area (Å²) in [5.74, 6) is -1.04. The molecule has 1 aromatic carbocycles. The summed E-state index contributed by atoms with van der Waals surface area (Å²) in [6.45, 7) is 5.44. The van der Waals surface area contributed by atoms with E-state index in [2.05, 4.69) is 0 Å². The first-order valence-electron chi connectivity index (χ1n) is 5.56. The van der Waals surface area contributed by atoms with Crippen molar-refractivity contribution in [1.82, 2.24) is 0 Å². The van der Waals surface area contributed by atoms with Crippen molar-refractivity contribution in [3.63, 3.8) is 0 Å². The van der Waals surface area contributed by atoms with Crippen LogP contribution in [-0.2, 0) is 6.42 Å². The third-order valence-corrected chi connectivity index (χ3v) is 3.22. The van der Waals surface area contributed by atoms with Crippen molar-refractivity contribution in [2.45, 2.75) is 32.8 Å². The highest BCUT2D eigenvalue weighted by atomic mass is 19.1. The Bertz CT molecular complexity index is 401. The molecule has 0 saturated heterocycles.